The van der Waals surface area contributed by atoms with Gasteiger partial charge in [-0.2, -0.15) is 0 Å². The summed E-state index contributed by atoms with van der Waals surface area (Å²) in [5.74, 6) is 0. The average Bonchev–Trinajstić information content (AvgIpc) is 3.10. The van der Waals surface area contributed by atoms with Crippen LogP contribution in [-0.2, 0) is 11.3 Å². The number of benzene rings is 1. The van der Waals surface area contributed by atoms with E-state index in [2.05, 4.69) is 40.0 Å². The van der Waals surface area contributed by atoms with Crippen molar-refractivity contribution in [1.29, 1.82) is 0 Å². The Labute approximate surface area is 143 Å². The number of H-pyrrole nitrogens is 1. The summed E-state index contributed by atoms with van der Waals surface area (Å²) in [4.78, 5) is 15.3. The van der Waals surface area contributed by atoms with Gasteiger partial charge in [0.2, 0.25) is 0 Å². The summed E-state index contributed by atoms with van der Waals surface area (Å²) in [7, 11) is 0. The highest BCUT2D eigenvalue weighted by molar-refractivity contribution is 5.82. The molecule has 1 aromatic heterocycles. The molecule has 0 bridgehead atoms. The third kappa shape index (κ3) is 4.09. The minimum Gasteiger partial charge on any atom is -0.444 e. The summed E-state index contributed by atoms with van der Waals surface area (Å²) in [5, 5.41) is 7.88. The van der Waals surface area contributed by atoms with Crippen LogP contribution in [0.3, 0.4) is 0 Å². The van der Waals surface area contributed by atoms with E-state index in [0.717, 1.165) is 31.3 Å². The first kappa shape index (κ1) is 16.8. The van der Waals surface area contributed by atoms with Crippen molar-refractivity contribution in [3.05, 3.63) is 36.0 Å². The Balaban J connectivity index is 1.57. The zero-order valence-electron chi connectivity index (χ0n) is 14.7. The third-order valence-corrected chi connectivity index (χ3v) is 4.45. The number of ether oxygens (including phenoxy) is 1. The Morgan fingerprint density at radius 2 is 2.00 bits per heavy atom. The van der Waals surface area contributed by atoms with E-state index in [1.807, 2.05) is 26.8 Å². The number of carbonyl (C=O) groups excluding carboxylic acids is 1. The van der Waals surface area contributed by atoms with Gasteiger partial charge in [-0.3, -0.25) is 0 Å². The van der Waals surface area contributed by atoms with Crippen molar-refractivity contribution in [2.75, 3.05) is 0 Å². The van der Waals surface area contributed by atoms with E-state index in [1.54, 1.807) is 0 Å². The lowest BCUT2D eigenvalue weighted by Crippen LogP contribution is -2.47. The van der Waals surface area contributed by atoms with Crippen molar-refractivity contribution in [2.24, 2.45) is 0 Å². The van der Waals surface area contributed by atoms with Gasteiger partial charge in [0.15, 0.2) is 0 Å². The fourth-order valence-electron chi connectivity index (χ4n) is 3.35. The number of hydrogen-bond acceptors (Lipinski definition) is 3. The second-order valence-electron chi connectivity index (χ2n) is 7.53. The van der Waals surface area contributed by atoms with Gasteiger partial charge in [-0.15, -0.1) is 0 Å². The number of carbonyl (C=O) groups is 1. The quantitative estimate of drug-likeness (QED) is 0.801. The number of aromatic nitrogens is 1. The van der Waals surface area contributed by atoms with Gasteiger partial charge in [-0.25, -0.2) is 4.79 Å². The predicted octanol–water partition coefficient (Wildman–Crippen LogP) is 3.70. The fourth-order valence-corrected chi connectivity index (χ4v) is 3.35. The van der Waals surface area contributed by atoms with Gasteiger partial charge in [-0.1, -0.05) is 18.2 Å². The van der Waals surface area contributed by atoms with E-state index in [4.69, 9.17) is 4.74 Å². The summed E-state index contributed by atoms with van der Waals surface area (Å²) in [6, 6.07) is 8.72. The molecule has 2 aromatic rings. The number of hydrogen-bond donors (Lipinski definition) is 3. The molecule has 2 atom stereocenters. The lowest BCUT2D eigenvalue weighted by Gasteiger charge is -2.25. The fraction of sp³-hybridized carbons (Fsp3) is 0.526. The minimum atomic E-state index is -0.463. The Morgan fingerprint density at radius 3 is 2.79 bits per heavy atom. The van der Waals surface area contributed by atoms with E-state index in [0.29, 0.717) is 0 Å². The first-order chi connectivity index (χ1) is 11.4. The number of rotatable bonds is 4. The van der Waals surface area contributed by atoms with Crippen molar-refractivity contribution in [1.82, 2.24) is 15.6 Å². The molecule has 1 aromatic carbocycles. The van der Waals surface area contributed by atoms with Crippen LogP contribution in [0.5, 0.6) is 0 Å². The number of fused-ring (bicyclic) bond motifs is 1. The van der Waals surface area contributed by atoms with E-state index < -0.39 is 5.60 Å². The molecule has 130 valence electrons. The van der Waals surface area contributed by atoms with Crippen molar-refractivity contribution < 1.29 is 9.53 Å². The second kappa shape index (κ2) is 6.85. The van der Waals surface area contributed by atoms with Crippen LogP contribution in [0.1, 0.15) is 45.6 Å². The topological polar surface area (TPSA) is 66.2 Å². The first-order valence-electron chi connectivity index (χ1n) is 8.70. The molecule has 1 heterocycles. The summed E-state index contributed by atoms with van der Waals surface area (Å²) in [5.41, 5.74) is 1.95. The average molecular weight is 329 g/mol. The second-order valence-corrected chi connectivity index (χ2v) is 7.53. The van der Waals surface area contributed by atoms with Crippen LogP contribution in [0.15, 0.2) is 30.5 Å². The van der Waals surface area contributed by atoms with Crippen LogP contribution in [0.4, 0.5) is 4.79 Å². The standard InChI is InChI=1S/C19H27N3O2/c1-19(2,3)24-18(23)22-17-10-6-9-16(17)21-12-13-11-20-15-8-5-4-7-14(13)15/h4-5,7-8,11,16-17,20-21H,6,9-10,12H2,1-3H3,(H,22,23). The molecular weight excluding hydrogens is 302 g/mol. The van der Waals surface area contributed by atoms with Gasteiger partial charge in [-0.05, 0) is 51.7 Å². The van der Waals surface area contributed by atoms with Crippen LogP contribution in [0.25, 0.3) is 10.9 Å². The Hall–Kier alpha value is -2.01. The molecule has 0 spiro atoms. The van der Waals surface area contributed by atoms with Crippen LogP contribution in [0.2, 0.25) is 0 Å². The molecule has 2 unspecified atom stereocenters. The maximum atomic E-state index is 12.0. The SMILES string of the molecule is CC(C)(C)OC(=O)NC1CCCC1NCc1c[nH]c2ccccc12. The molecule has 1 saturated carbocycles. The lowest BCUT2D eigenvalue weighted by molar-refractivity contribution is 0.0498. The molecule has 0 radical (unpaired) electrons. The Kier molecular flexibility index (Phi) is 4.81. The molecule has 0 aliphatic heterocycles. The summed E-state index contributed by atoms with van der Waals surface area (Å²) >= 11 is 0. The largest absolute Gasteiger partial charge is 0.444 e. The molecule has 5 nitrogen and oxygen atoms in total. The molecule has 1 aliphatic carbocycles. The maximum absolute atomic E-state index is 12.0. The zero-order valence-corrected chi connectivity index (χ0v) is 14.7. The van der Waals surface area contributed by atoms with Gasteiger partial charge in [0.25, 0.3) is 0 Å². The van der Waals surface area contributed by atoms with Gasteiger partial charge >= 0.3 is 6.09 Å². The monoisotopic (exact) mass is 329 g/mol. The molecule has 3 rings (SSSR count). The predicted molar refractivity (Wildman–Crippen MR) is 95.9 cm³/mol. The third-order valence-electron chi connectivity index (χ3n) is 4.45. The highest BCUT2D eigenvalue weighted by atomic mass is 16.6. The Bertz CT molecular complexity index is 702. The maximum Gasteiger partial charge on any atom is 0.407 e. The molecule has 5 heteroatoms. The molecule has 24 heavy (non-hydrogen) atoms. The van der Waals surface area contributed by atoms with Crippen LogP contribution >= 0.6 is 0 Å². The minimum absolute atomic E-state index is 0.130. The van der Waals surface area contributed by atoms with Crippen molar-refractivity contribution in [3.63, 3.8) is 0 Å². The van der Waals surface area contributed by atoms with Crippen LogP contribution in [-0.4, -0.2) is 28.8 Å². The van der Waals surface area contributed by atoms with Gasteiger partial charge in [0.05, 0.1) is 0 Å². The number of amides is 1. The van der Waals surface area contributed by atoms with E-state index in [-0.39, 0.29) is 18.2 Å². The van der Waals surface area contributed by atoms with E-state index in [1.165, 1.54) is 10.9 Å². The molecular formula is C19H27N3O2. The summed E-state index contributed by atoms with van der Waals surface area (Å²) < 4.78 is 5.37. The zero-order chi connectivity index (χ0) is 17.2. The molecule has 0 saturated heterocycles. The number of nitrogens with one attached hydrogen (secondary N) is 3. The molecule has 1 aliphatic rings. The summed E-state index contributed by atoms with van der Waals surface area (Å²) in [6.07, 6.45) is 4.91. The first-order valence-corrected chi connectivity index (χ1v) is 8.70. The van der Waals surface area contributed by atoms with Crippen molar-refractivity contribution in [3.8, 4) is 0 Å². The highest BCUT2D eigenvalue weighted by Crippen LogP contribution is 2.22. The van der Waals surface area contributed by atoms with Gasteiger partial charge in [0, 0.05) is 35.7 Å². The smallest absolute Gasteiger partial charge is 0.407 e. The number of para-hydroxylation sites is 1. The normalized spacial score (nSPS) is 21.1. The van der Waals surface area contributed by atoms with Gasteiger partial charge < -0.3 is 20.4 Å². The van der Waals surface area contributed by atoms with Crippen molar-refractivity contribution in [2.45, 2.75) is 64.3 Å². The highest BCUT2D eigenvalue weighted by Gasteiger charge is 2.29. The van der Waals surface area contributed by atoms with Gasteiger partial charge in [0.1, 0.15) is 5.60 Å². The Morgan fingerprint density at radius 1 is 1.25 bits per heavy atom. The van der Waals surface area contributed by atoms with Crippen LogP contribution in [0, 0.1) is 0 Å². The lowest BCUT2D eigenvalue weighted by atomic mass is 10.1. The molecule has 1 fully saturated rings. The van der Waals surface area contributed by atoms with Crippen molar-refractivity contribution >= 4 is 17.0 Å². The van der Waals surface area contributed by atoms with Crippen LogP contribution < -0.4 is 10.6 Å². The summed E-state index contributed by atoms with van der Waals surface area (Å²) in [6.45, 7) is 6.44. The van der Waals surface area contributed by atoms with E-state index in [9.17, 15) is 4.79 Å². The number of alkyl carbamates (subject to hydrolysis) is 1. The van der Waals surface area contributed by atoms with E-state index >= 15 is 0 Å². The number of aromatic amines is 1. The molecule has 3 N–H and O–H groups in total. The molecule has 1 amide bonds.